The normalized spacial score (nSPS) is 17.5. The lowest BCUT2D eigenvalue weighted by atomic mass is 9.91. The number of esters is 1. The number of hydrogen-bond donors (Lipinski definition) is 1. The molecule has 3 aromatic carbocycles. The van der Waals surface area contributed by atoms with Crippen LogP contribution in [0, 0.1) is 0 Å². The Balaban J connectivity index is 1.51. The quantitative estimate of drug-likeness (QED) is 0.178. The number of carbonyl (C=O) groups excluding carboxylic acids is 2. The minimum Gasteiger partial charge on any atom is -0.468 e. The van der Waals surface area contributed by atoms with Crippen molar-refractivity contribution in [1.29, 1.82) is 0 Å². The van der Waals surface area contributed by atoms with Crippen LogP contribution in [0.5, 0.6) is 0 Å². The zero-order valence-corrected chi connectivity index (χ0v) is 26.7. The van der Waals surface area contributed by atoms with Crippen LogP contribution in [0.3, 0.4) is 0 Å². The largest absolute Gasteiger partial charge is 0.468 e. The topological polar surface area (TPSA) is 104 Å². The zero-order chi connectivity index (χ0) is 30.6. The van der Waals surface area contributed by atoms with Crippen molar-refractivity contribution in [3.05, 3.63) is 81.3 Å². The van der Waals surface area contributed by atoms with E-state index in [1.165, 1.54) is 7.11 Å². The van der Waals surface area contributed by atoms with Crippen LogP contribution in [0.25, 0.3) is 10.8 Å². The predicted molar refractivity (Wildman–Crippen MR) is 170 cm³/mol. The molecule has 11 heteroatoms. The van der Waals surface area contributed by atoms with Gasteiger partial charge in [0.05, 0.1) is 59.3 Å². The first-order valence-corrected chi connectivity index (χ1v) is 15.6. The van der Waals surface area contributed by atoms with Crippen molar-refractivity contribution in [2.24, 2.45) is 5.73 Å². The van der Waals surface area contributed by atoms with Gasteiger partial charge >= 0.3 is 5.97 Å². The van der Waals surface area contributed by atoms with E-state index in [0.29, 0.717) is 70.7 Å². The highest BCUT2D eigenvalue weighted by atomic mass is 79.9. The number of nitrogens with zero attached hydrogens (tertiary/aromatic N) is 2. The van der Waals surface area contributed by atoms with E-state index in [4.69, 9.17) is 36.3 Å². The van der Waals surface area contributed by atoms with E-state index in [9.17, 15) is 9.59 Å². The molecule has 1 fully saturated rings. The number of benzene rings is 3. The summed E-state index contributed by atoms with van der Waals surface area (Å²) in [6.07, 6.45) is 0.585. The number of halogens is 2. The number of amides is 1. The average molecular weight is 677 g/mol. The molecular weight excluding hydrogens is 638 g/mol. The molecule has 3 aromatic rings. The number of methoxy groups -OCH3 is 1. The fraction of sp³-hybridized carbons (Fsp3) is 0.438. The van der Waals surface area contributed by atoms with E-state index in [-0.39, 0.29) is 12.5 Å². The molecule has 0 radical (unpaired) electrons. The average Bonchev–Trinajstić information content (AvgIpc) is 3.01. The Labute approximate surface area is 266 Å². The Morgan fingerprint density at radius 3 is 2.33 bits per heavy atom. The second-order valence-electron chi connectivity index (χ2n) is 10.2. The molecule has 9 nitrogen and oxygen atoms in total. The first-order valence-electron chi connectivity index (χ1n) is 14.4. The van der Waals surface area contributed by atoms with Gasteiger partial charge in [-0.1, -0.05) is 70.0 Å². The van der Waals surface area contributed by atoms with Gasteiger partial charge in [-0.05, 0) is 46.5 Å². The third-order valence-electron chi connectivity index (χ3n) is 7.41. The van der Waals surface area contributed by atoms with Crippen molar-refractivity contribution in [1.82, 2.24) is 9.80 Å². The summed E-state index contributed by atoms with van der Waals surface area (Å²) < 4.78 is 22.8. The van der Waals surface area contributed by atoms with E-state index in [2.05, 4.69) is 22.0 Å². The number of piperazine rings is 1. The lowest BCUT2D eigenvalue weighted by molar-refractivity contribution is -0.160. The van der Waals surface area contributed by atoms with Crippen LogP contribution >= 0.6 is 27.5 Å². The summed E-state index contributed by atoms with van der Waals surface area (Å²) in [6, 6.07) is 18.5. The van der Waals surface area contributed by atoms with E-state index < -0.39 is 18.1 Å². The summed E-state index contributed by atoms with van der Waals surface area (Å²) in [6.45, 7) is 3.93. The molecule has 4 rings (SSSR count). The number of ether oxygens (including phenoxy) is 4. The lowest BCUT2D eigenvalue weighted by Gasteiger charge is -2.46. The fourth-order valence-corrected chi connectivity index (χ4v) is 6.18. The van der Waals surface area contributed by atoms with Crippen LogP contribution in [0.2, 0.25) is 5.02 Å². The fourth-order valence-electron chi connectivity index (χ4n) is 5.30. The maximum absolute atomic E-state index is 13.8. The van der Waals surface area contributed by atoms with Gasteiger partial charge < -0.3 is 29.6 Å². The van der Waals surface area contributed by atoms with Gasteiger partial charge in [0, 0.05) is 29.1 Å². The summed E-state index contributed by atoms with van der Waals surface area (Å²) in [5.74, 6) is -0.464. The second-order valence-corrected chi connectivity index (χ2v) is 11.5. The van der Waals surface area contributed by atoms with Crippen molar-refractivity contribution in [3.8, 4) is 0 Å². The molecule has 232 valence electrons. The molecule has 1 heterocycles. The van der Waals surface area contributed by atoms with Crippen molar-refractivity contribution >= 4 is 50.2 Å². The van der Waals surface area contributed by atoms with Crippen LogP contribution in [0.15, 0.2) is 65.1 Å². The van der Waals surface area contributed by atoms with E-state index in [1.54, 1.807) is 0 Å². The molecule has 43 heavy (non-hydrogen) atoms. The summed E-state index contributed by atoms with van der Waals surface area (Å²) >= 11 is 9.74. The van der Waals surface area contributed by atoms with Gasteiger partial charge in [-0.25, -0.2) is 0 Å². The monoisotopic (exact) mass is 675 g/mol. The third-order valence-corrected chi connectivity index (χ3v) is 8.38. The van der Waals surface area contributed by atoms with Gasteiger partial charge in [0.1, 0.15) is 6.04 Å². The molecule has 0 aliphatic carbocycles. The molecule has 1 saturated heterocycles. The Morgan fingerprint density at radius 2 is 1.63 bits per heavy atom. The van der Waals surface area contributed by atoms with Gasteiger partial charge in [-0.3, -0.25) is 14.5 Å². The maximum atomic E-state index is 13.8. The Morgan fingerprint density at radius 1 is 0.930 bits per heavy atom. The van der Waals surface area contributed by atoms with Crippen molar-refractivity contribution < 1.29 is 28.5 Å². The Kier molecular flexibility index (Phi) is 13.2. The summed E-state index contributed by atoms with van der Waals surface area (Å²) in [5.41, 5.74) is 7.29. The van der Waals surface area contributed by atoms with Gasteiger partial charge in [-0.2, -0.15) is 0 Å². The first kappa shape index (κ1) is 33.3. The SMILES string of the molecule is COC(=O)[C@@H]1[C@@H](c2ccc3ccccc3c2)N(CCc2ccc(Cl)cc2Br)C(=O)CN1CCOCCOCCOCCN. The van der Waals surface area contributed by atoms with Crippen LogP contribution in [0.1, 0.15) is 17.2 Å². The van der Waals surface area contributed by atoms with Gasteiger partial charge in [0.15, 0.2) is 0 Å². The number of rotatable bonds is 16. The van der Waals surface area contributed by atoms with Crippen LogP contribution < -0.4 is 5.73 Å². The zero-order valence-electron chi connectivity index (χ0n) is 24.4. The Bertz CT molecular complexity index is 1360. The van der Waals surface area contributed by atoms with Gasteiger partial charge in [0.2, 0.25) is 5.91 Å². The molecule has 1 amide bonds. The summed E-state index contributed by atoms with van der Waals surface area (Å²) in [5, 5.41) is 2.74. The maximum Gasteiger partial charge on any atom is 0.325 e. The summed E-state index contributed by atoms with van der Waals surface area (Å²) in [7, 11) is 1.38. The third kappa shape index (κ3) is 9.21. The molecule has 0 unspecified atom stereocenters. The van der Waals surface area contributed by atoms with Gasteiger partial charge in [0.25, 0.3) is 0 Å². The summed E-state index contributed by atoms with van der Waals surface area (Å²) in [4.78, 5) is 30.9. The predicted octanol–water partition coefficient (Wildman–Crippen LogP) is 4.23. The highest BCUT2D eigenvalue weighted by Gasteiger charge is 2.45. The number of hydrogen-bond acceptors (Lipinski definition) is 8. The molecule has 0 saturated carbocycles. The highest BCUT2D eigenvalue weighted by Crippen LogP contribution is 2.35. The highest BCUT2D eigenvalue weighted by molar-refractivity contribution is 9.10. The lowest BCUT2D eigenvalue weighted by Crippen LogP contribution is -2.61. The van der Waals surface area contributed by atoms with Crippen LogP contribution in [-0.4, -0.2) is 101 Å². The molecule has 0 bridgehead atoms. The molecule has 0 aromatic heterocycles. The van der Waals surface area contributed by atoms with E-state index >= 15 is 0 Å². The van der Waals surface area contributed by atoms with Gasteiger partial charge in [-0.15, -0.1) is 0 Å². The van der Waals surface area contributed by atoms with E-state index in [1.807, 2.05) is 64.4 Å². The Hall–Kier alpha value is -2.57. The van der Waals surface area contributed by atoms with Crippen LogP contribution in [0.4, 0.5) is 0 Å². The molecule has 0 spiro atoms. The molecular formula is C32H39BrClN3O6. The number of carbonyl (C=O) groups is 2. The smallest absolute Gasteiger partial charge is 0.325 e. The number of nitrogens with two attached hydrogens (primary N) is 1. The van der Waals surface area contributed by atoms with E-state index in [0.717, 1.165) is 26.4 Å². The first-order chi connectivity index (χ1) is 20.9. The minimum absolute atomic E-state index is 0.0655. The number of fused-ring (bicyclic) bond motifs is 1. The van der Waals surface area contributed by atoms with Crippen LogP contribution in [-0.2, 0) is 35.0 Å². The second kappa shape index (κ2) is 17.1. The molecule has 2 N–H and O–H groups in total. The van der Waals surface area contributed by atoms with Crippen molar-refractivity contribution in [3.63, 3.8) is 0 Å². The minimum atomic E-state index is -0.711. The van der Waals surface area contributed by atoms with Crippen molar-refractivity contribution in [2.75, 3.05) is 72.9 Å². The van der Waals surface area contributed by atoms with Crippen molar-refractivity contribution in [2.45, 2.75) is 18.5 Å². The standard InChI is InChI=1S/C32H39BrClN3O6/c1-40-32(39)31-30(26-7-6-23-4-2-3-5-25(23)20-26)37(12-10-24-8-9-27(34)21-28(24)33)29(38)22-36(31)13-15-42-17-19-43-18-16-41-14-11-35/h2-9,20-21,30-31H,10-19,22,35H2,1H3/t30-,31+/m1/s1. The molecule has 1 aliphatic heterocycles. The molecule has 1 aliphatic rings. The molecule has 2 atom stereocenters.